The van der Waals surface area contributed by atoms with Crippen LogP contribution in [0.15, 0.2) is 41.5 Å². The largest absolute Gasteiger partial charge is 0.378 e. The number of amidine groups is 1. The maximum absolute atomic E-state index is 14.8. The highest BCUT2D eigenvalue weighted by Crippen LogP contribution is 2.70. The van der Waals surface area contributed by atoms with Gasteiger partial charge in [0.05, 0.1) is 23.3 Å². The summed E-state index contributed by atoms with van der Waals surface area (Å²) in [6, 6.07) is 10.7. The number of rotatable bonds is 3. The van der Waals surface area contributed by atoms with Crippen molar-refractivity contribution in [1.82, 2.24) is 9.88 Å². The molecular weight excluding hydrogens is 456 g/mol. The fraction of sp³-hybridized carbons (Fsp3) is 0.360. The molecule has 2 N–H and O–H groups in total. The average molecular weight is 478 g/mol. The van der Waals surface area contributed by atoms with Gasteiger partial charge in [0.2, 0.25) is 5.91 Å². The van der Waals surface area contributed by atoms with E-state index in [0.717, 1.165) is 11.1 Å². The Morgan fingerprint density at radius 2 is 2.21 bits per heavy atom. The topological polar surface area (TPSA) is 95.4 Å². The van der Waals surface area contributed by atoms with Crippen LogP contribution in [0.4, 0.5) is 8.78 Å². The van der Waals surface area contributed by atoms with Gasteiger partial charge < -0.3 is 10.6 Å². The highest BCUT2D eigenvalue weighted by molar-refractivity contribution is 8.15. The Morgan fingerprint density at radius 3 is 2.91 bits per heavy atom. The molecule has 2 aliphatic heterocycles. The smallest absolute Gasteiger partial charge is 0.239 e. The lowest BCUT2D eigenvalue weighted by molar-refractivity contribution is -0.131. The molecule has 1 amide bonds. The third-order valence-electron chi connectivity index (χ3n) is 7.35. The molecule has 4 aliphatic rings. The molecule has 1 spiro atoms. The van der Waals surface area contributed by atoms with E-state index in [1.54, 1.807) is 4.90 Å². The molecule has 2 aliphatic carbocycles. The predicted molar refractivity (Wildman–Crippen MR) is 126 cm³/mol. The van der Waals surface area contributed by atoms with Crippen LogP contribution >= 0.6 is 11.8 Å². The van der Waals surface area contributed by atoms with Crippen molar-refractivity contribution in [3.8, 4) is 6.07 Å². The molecule has 1 saturated carbocycles. The van der Waals surface area contributed by atoms with Crippen LogP contribution in [0.5, 0.6) is 0 Å². The molecule has 0 bridgehead atoms. The minimum absolute atomic E-state index is 0.0137. The number of aromatic nitrogens is 1. The van der Waals surface area contributed by atoms with E-state index in [1.807, 2.05) is 24.3 Å². The number of carbonyl (C=O) groups is 1. The lowest BCUT2D eigenvalue weighted by Crippen LogP contribution is -2.50. The maximum Gasteiger partial charge on any atom is 0.239 e. The summed E-state index contributed by atoms with van der Waals surface area (Å²) in [7, 11) is 0. The summed E-state index contributed by atoms with van der Waals surface area (Å²) in [6.45, 7) is 0.583. The van der Waals surface area contributed by atoms with Gasteiger partial charge in [-0.05, 0) is 53.8 Å². The first-order valence-corrected chi connectivity index (χ1v) is 12.0. The fourth-order valence-corrected chi connectivity index (χ4v) is 6.98. The molecule has 2 aromatic rings. The quantitative estimate of drug-likeness (QED) is 0.729. The summed E-state index contributed by atoms with van der Waals surface area (Å²) in [4.78, 5) is 23.8. The molecule has 172 valence electrons. The van der Waals surface area contributed by atoms with Crippen molar-refractivity contribution in [2.24, 2.45) is 16.6 Å². The molecule has 6 nitrogen and oxygen atoms in total. The molecule has 3 heterocycles. The van der Waals surface area contributed by atoms with Crippen LogP contribution in [0.1, 0.15) is 40.8 Å². The first-order valence-electron chi connectivity index (χ1n) is 11.2. The van der Waals surface area contributed by atoms with Crippen LogP contribution in [0, 0.1) is 17.2 Å². The summed E-state index contributed by atoms with van der Waals surface area (Å²) in [6.07, 6.45) is 3.48. The lowest BCUT2D eigenvalue weighted by atomic mass is 9.66. The Balaban J connectivity index is 1.30. The van der Waals surface area contributed by atoms with E-state index in [9.17, 15) is 13.6 Å². The van der Waals surface area contributed by atoms with E-state index in [2.05, 4.69) is 4.98 Å². The number of benzene rings is 1. The van der Waals surface area contributed by atoms with Gasteiger partial charge in [-0.3, -0.25) is 14.8 Å². The van der Waals surface area contributed by atoms with Gasteiger partial charge in [-0.25, -0.2) is 8.78 Å². The molecule has 0 radical (unpaired) electrons. The lowest BCUT2D eigenvalue weighted by Gasteiger charge is -2.45. The van der Waals surface area contributed by atoms with Gasteiger partial charge in [-0.1, -0.05) is 23.9 Å². The van der Waals surface area contributed by atoms with Crippen LogP contribution in [0.3, 0.4) is 0 Å². The highest BCUT2D eigenvalue weighted by Gasteiger charge is 2.74. The molecule has 9 heteroatoms. The number of amides is 1. The van der Waals surface area contributed by atoms with Gasteiger partial charge in [0.1, 0.15) is 22.8 Å². The molecule has 1 aromatic heterocycles. The normalized spacial score (nSPS) is 31.3. The van der Waals surface area contributed by atoms with Crippen LogP contribution in [-0.4, -0.2) is 45.0 Å². The number of halogens is 2. The van der Waals surface area contributed by atoms with E-state index in [0.29, 0.717) is 42.1 Å². The van der Waals surface area contributed by atoms with E-state index in [4.69, 9.17) is 16.0 Å². The number of carbonyl (C=O) groups excluding carboxylic acids is 1. The van der Waals surface area contributed by atoms with Gasteiger partial charge in [-0.2, -0.15) is 5.26 Å². The zero-order valence-electron chi connectivity index (χ0n) is 18.2. The minimum Gasteiger partial charge on any atom is -0.378 e. The van der Waals surface area contributed by atoms with E-state index < -0.39 is 22.3 Å². The number of nitrogens with zero attached hydrogens (tertiary/aromatic N) is 4. The third-order valence-corrected chi connectivity index (χ3v) is 8.64. The van der Waals surface area contributed by atoms with Crippen molar-refractivity contribution >= 4 is 34.7 Å². The fourth-order valence-electron chi connectivity index (χ4n) is 5.60. The zero-order chi connectivity index (χ0) is 23.7. The summed E-state index contributed by atoms with van der Waals surface area (Å²) in [5, 5.41) is 9.27. The Morgan fingerprint density at radius 1 is 1.35 bits per heavy atom. The second-order valence-corrected chi connectivity index (χ2v) is 10.7. The number of likely N-dealkylation sites (tertiary alicyclic amines) is 1. The average Bonchev–Trinajstić information content (AvgIpc) is 3.42. The number of nitrogens with two attached hydrogens (primary N) is 1. The number of fused-ring (bicyclic) bond motifs is 4. The van der Waals surface area contributed by atoms with Gasteiger partial charge in [-0.15, -0.1) is 0 Å². The van der Waals surface area contributed by atoms with Crippen molar-refractivity contribution in [3.05, 3.63) is 64.5 Å². The summed E-state index contributed by atoms with van der Waals surface area (Å²) in [5.74, 6) is -0.562. The Kier molecular flexibility index (Phi) is 4.62. The summed E-state index contributed by atoms with van der Waals surface area (Å²) >= 11 is 1.31. The van der Waals surface area contributed by atoms with Crippen molar-refractivity contribution in [2.45, 2.75) is 35.7 Å². The number of nitriles is 1. The Labute approximate surface area is 199 Å². The van der Waals surface area contributed by atoms with Crippen molar-refractivity contribution in [1.29, 1.82) is 5.26 Å². The number of hydrogen-bond donors (Lipinski definition) is 1. The van der Waals surface area contributed by atoms with Crippen molar-refractivity contribution in [2.75, 3.05) is 13.1 Å². The van der Waals surface area contributed by atoms with Crippen LogP contribution in [0.25, 0.3) is 11.9 Å². The van der Waals surface area contributed by atoms with Crippen molar-refractivity contribution < 1.29 is 13.6 Å². The van der Waals surface area contributed by atoms with Crippen LogP contribution < -0.4 is 5.73 Å². The third kappa shape index (κ3) is 3.08. The zero-order valence-corrected chi connectivity index (χ0v) is 19.0. The van der Waals surface area contributed by atoms with Gasteiger partial charge in [0.15, 0.2) is 5.17 Å². The second kappa shape index (κ2) is 7.37. The molecule has 1 saturated heterocycles. The SMILES string of the molecule is N#Cc1ccc(/C(F)=C/c2ccc3c(c2)[C@@]2(C3)N=C(N)S[C@@]3(C(=O)N4CC[C@H](F)C4)C[C@H]32)nc1. The van der Waals surface area contributed by atoms with Crippen molar-refractivity contribution in [3.63, 3.8) is 0 Å². The predicted octanol–water partition coefficient (Wildman–Crippen LogP) is 3.56. The highest BCUT2D eigenvalue weighted by atomic mass is 32.2. The van der Waals surface area contributed by atoms with E-state index in [-0.39, 0.29) is 24.1 Å². The summed E-state index contributed by atoms with van der Waals surface area (Å²) in [5.41, 5.74) is 8.88. The van der Waals surface area contributed by atoms with Crippen LogP contribution in [-0.2, 0) is 16.8 Å². The standard InChI is InChI=1S/C25H21F2N5OS/c26-17-5-6-32(13-17)22(33)25-10-21(25)24(31-23(29)34-25)9-16-3-1-14(7-18(16)24)8-19(27)20-4-2-15(11-28)12-30-20/h1-4,7-8,12,17,21H,5-6,9-10,13H2,(H2,29,31)/b19-8-/t17-,21-,24+,25-/m0/s1. The monoisotopic (exact) mass is 477 g/mol. The van der Waals surface area contributed by atoms with E-state index in [1.165, 1.54) is 36.2 Å². The summed E-state index contributed by atoms with van der Waals surface area (Å²) < 4.78 is 27.9. The van der Waals surface area contributed by atoms with E-state index >= 15 is 0 Å². The molecule has 6 rings (SSSR count). The van der Waals surface area contributed by atoms with Crippen LogP contribution in [0.2, 0.25) is 0 Å². The Hall–Kier alpha value is -3.25. The Bertz CT molecular complexity index is 1320. The number of aliphatic imine (C=N–C) groups is 1. The first-order chi connectivity index (χ1) is 16.3. The molecule has 0 unspecified atom stereocenters. The number of thioether (sulfide) groups is 1. The molecular formula is C25H21F2N5OS. The maximum atomic E-state index is 14.8. The molecule has 4 atom stereocenters. The van der Waals surface area contributed by atoms with Gasteiger partial charge in [0.25, 0.3) is 0 Å². The van der Waals surface area contributed by atoms with Gasteiger partial charge >= 0.3 is 0 Å². The molecule has 1 aromatic carbocycles. The number of pyridine rings is 1. The molecule has 2 fully saturated rings. The number of alkyl halides is 1. The minimum atomic E-state index is -0.967. The van der Waals surface area contributed by atoms with Gasteiger partial charge in [0, 0.05) is 25.1 Å². The number of hydrogen-bond acceptors (Lipinski definition) is 6. The second-order valence-electron chi connectivity index (χ2n) is 9.39. The first kappa shape index (κ1) is 21.3. The molecule has 34 heavy (non-hydrogen) atoms.